The molecule has 0 spiro atoms. The average Bonchev–Trinajstić information content (AvgIpc) is 3.72. The van der Waals surface area contributed by atoms with Gasteiger partial charge in [0.1, 0.15) is 11.2 Å². The smallest absolute Gasteiger partial charge is 0.167 e. The molecule has 0 aliphatic rings. The van der Waals surface area contributed by atoms with Crippen LogP contribution in [0.25, 0.3) is 94.7 Å². The Morgan fingerprint density at radius 2 is 0.940 bits per heavy atom. The first-order chi connectivity index (χ1) is 24.8. The van der Waals surface area contributed by atoms with Gasteiger partial charge < -0.3 is 8.98 Å². The van der Waals surface area contributed by atoms with E-state index in [1.165, 1.54) is 5.39 Å². The highest BCUT2D eigenvalue weighted by Crippen LogP contribution is 2.42. The van der Waals surface area contributed by atoms with E-state index in [0.717, 1.165) is 71.9 Å². The summed E-state index contributed by atoms with van der Waals surface area (Å²) in [5.74, 6) is 1.78. The molecular formula is C45H28N4O. The van der Waals surface area contributed by atoms with Crippen LogP contribution >= 0.6 is 0 Å². The molecule has 10 aromatic rings. The van der Waals surface area contributed by atoms with Crippen LogP contribution in [-0.2, 0) is 0 Å². The molecule has 50 heavy (non-hydrogen) atoms. The van der Waals surface area contributed by atoms with Gasteiger partial charge >= 0.3 is 0 Å². The third-order valence-corrected chi connectivity index (χ3v) is 9.43. The molecule has 0 atom stereocenters. The maximum Gasteiger partial charge on any atom is 0.167 e. The minimum absolute atomic E-state index is 0.559. The number of para-hydroxylation sites is 2. The van der Waals surface area contributed by atoms with E-state index < -0.39 is 0 Å². The van der Waals surface area contributed by atoms with Gasteiger partial charge in [0.05, 0.1) is 16.6 Å². The zero-order valence-electron chi connectivity index (χ0n) is 26.9. The molecule has 0 fully saturated rings. The van der Waals surface area contributed by atoms with Gasteiger partial charge in [0.15, 0.2) is 17.5 Å². The van der Waals surface area contributed by atoms with Crippen LogP contribution in [0.5, 0.6) is 0 Å². The van der Waals surface area contributed by atoms with Gasteiger partial charge in [-0.3, -0.25) is 0 Å². The van der Waals surface area contributed by atoms with E-state index in [4.69, 9.17) is 19.4 Å². The predicted octanol–water partition coefficient (Wildman–Crippen LogP) is 11.5. The van der Waals surface area contributed by atoms with Crippen molar-refractivity contribution in [2.45, 2.75) is 0 Å². The summed E-state index contributed by atoms with van der Waals surface area (Å²) in [5, 5.41) is 4.35. The zero-order chi connectivity index (χ0) is 33.0. The maximum absolute atomic E-state index is 6.88. The number of benzene rings is 7. The number of fused-ring (bicyclic) bond motifs is 6. The summed E-state index contributed by atoms with van der Waals surface area (Å²) in [6.45, 7) is 0. The minimum Gasteiger partial charge on any atom is -0.455 e. The number of rotatable bonds is 5. The van der Waals surface area contributed by atoms with Gasteiger partial charge in [0, 0.05) is 38.4 Å². The SMILES string of the molecule is c1ccc(-c2cc(-c3nc(-c4ccccc4)nc(-c4ccccc4)n3)c3oc4cc5c6ccccc6n(-c6ccccc6)c5cc4c3c2)cc1. The standard InChI is InChI=1S/C45H28N4O/c1-5-15-29(16-6-1)32-25-37-36-27-40-35(34-23-13-14-24-39(34)49(40)33-21-11-4-12-22-33)28-41(36)50-42(37)38(26-32)45-47-43(30-17-7-2-8-18-30)46-44(48-45)31-19-9-3-10-20-31/h1-28H. The summed E-state index contributed by atoms with van der Waals surface area (Å²) >= 11 is 0. The highest BCUT2D eigenvalue weighted by atomic mass is 16.3. The second-order valence-corrected chi connectivity index (χ2v) is 12.5. The first-order valence-electron chi connectivity index (χ1n) is 16.7. The Hall–Kier alpha value is -6.85. The van der Waals surface area contributed by atoms with Crippen molar-refractivity contribution in [3.8, 4) is 51.0 Å². The second-order valence-electron chi connectivity index (χ2n) is 12.5. The molecule has 0 saturated carbocycles. The fourth-order valence-electron chi connectivity index (χ4n) is 7.09. The van der Waals surface area contributed by atoms with Gasteiger partial charge in [0.2, 0.25) is 0 Å². The van der Waals surface area contributed by atoms with Crippen molar-refractivity contribution in [1.29, 1.82) is 0 Å². The Labute approximate surface area is 287 Å². The molecule has 7 aromatic carbocycles. The molecule has 0 unspecified atom stereocenters. The zero-order valence-corrected chi connectivity index (χ0v) is 26.9. The van der Waals surface area contributed by atoms with Crippen LogP contribution < -0.4 is 0 Å². The van der Waals surface area contributed by atoms with Crippen LogP contribution in [0.4, 0.5) is 0 Å². The summed E-state index contributed by atoms with van der Waals surface area (Å²) in [5.41, 5.74) is 9.77. The lowest BCUT2D eigenvalue weighted by Crippen LogP contribution is -2.00. The van der Waals surface area contributed by atoms with Crippen molar-refractivity contribution in [3.63, 3.8) is 0 Å². The Morgan fingerprint density at radius 3 is 1.60 bits per heavy atom. The number of furan rings is 1. The Bertz CT molecular complexity index is 2780. The van der Waals surface area contributed by atoms with Crippen LogP contribution in [0.15, 0.2) is 174 Å². The molecule has 0 N–H and O–H groups in total. The lowest BCUT2D eigenvalue weighted by Gasteiger charge is -2.10. The fourth-order valence-corrected chi connectivity index (χ4v) is 7.09. The van der Waals surface area contributed by atoms with E-state index in [1.807, 2.05) is 66.7 Å². The highest BCUT2D eigenvalue weighted by Gasteiger charge is 2.22. The van der Waals surface area contributed by atoms with Gasteiger partial charge in [-0.15, -0.1) is 0 Å². The lowest BCUT2D eigenvalue weighted by atomic mass is 9.98. The molecule has 0 aliphatic carbocycles. The number of nitrogens with zero attached hydrogens (tertiary/aromatic N) is 4. The topological polar surface area (TPSA) is 56.7 Å². The van der Waals surface area contributed by atoms with Crippen LogP contribution in [0.3, 0.4) is 0 Å². The van der Waals surface area contributed by atoms with Gasteiger partial charge in [-0.1, -0.05) is 127 Å². The van der Waals surface area contributed by atoms with Gasteiger partial charge in [-0.05, 0) is 53.6 Å². The Morgan fingerprint density at radius 1 is 0.380 bits per heavy atom. The molecule has 0 radical (unpaired) electrons. The van der Waals surface area contributed by atoms with Crippen LogP contribution in [0.2, 0.25) is 0 Å². The Kier molecular flexibility index (Phi) is 6.42. The summed E-state index contributed by atoms with van der Waals surface area (Å²) < 4.78 is 9.22. The van der Waals surface area contributed by atoms with Gasteiger partial charge in [0.25, 0.3) is 0 Å². The summed E-state index contributed by atoms with van der Waals surface area (Å²) in [6.07, 6.45) is 0. The van der Waals surface area contributed by atoms with E-state index in [1.54, 1.807) is 0 Å². The molecule has 3 aromatic heterocycles. The molecule has 234 valence electrons. The first kappa shape index (κ1) is 28.2. The summed E-state index contributed by atoms with van der Waals surface area (Å²) in [7, 11) is 0. The highest BCUT2D eigenvalue weighted by molar-refractivity contribution is 6.19. The largest absolute Gasteiger partial charge is 0.455 e. The molecule has 5 heteroatoms. The molecule has 0 amide bonds. The van der Waals surface area contributed by atoms with Crippen molar-refractivity contribution < 1.29 is 4.42 Å². The van der Waals surface area contributed by atoms with E-state index in [2.05, 4.69) is 108 Å². The van der Waals surface area contributed by atoms with Crippen LogP contribution in [0.1, 0.15) is 0 Å². The summed E-state index contributed by atoms with van der Waals surface area (Å²) in [6, 6.07) is 58.5. The molecule has 5 nitrogen and oxygen atoms in total. The summed E-state index contributed by atoms with van der Waals surface area (Å²) in [4.78, 5) is 15.2. The molecule has 0 saturated heterocycles. The number of aromatic nitrogens is 4. The molecular weight excluding hydrogens is 613 g/mol. The minimum atomic E-state index is 0.559. The maximum atomic E-state index is 6.88. The molecule has 0 bridgehead atoms. The van der Waals surface area contributed by atoms with Crippen molar-refractivity contribution in [2.24, 2.45) is 0 Å². The lowest BCUT2D eigenvalue weighted by molar-refractivity contribution is 0.670. The van der Waals surface area contributed by atoms with E-state index in [9.17, 15) is 0 Å². The van der Waals surface area contributed by atoms with Gasteiger partial charge in [-0.2, -0.15) is 0 Å². The van der Waals surface area contributed by atoms with E-state index in [-0.39, 0.29) is 0 Å². The van der Waals surface area contributed by atoms with Crippen molar-refractivity contribution in [1.82, 2.24) is 19.5 Å². The number of hydrogen-bond acceptors (Lipinski definition) is 4. The van der Waals surface area contributed by atoms with Crippen molar-refractivity contribution in [2.75, 3.05) is 0 Å². The molecule has 3 heterocycles. The monoisotopic (exact) mass is 640 g/mol. The Balaban J connectivity index is 1.30. The molecule has 10 rings (SSSR count). The van der Waals surface area contributed by atoms with Gasteiger partial charge in [-0.25, -0.2) is 15.0 Å². The predicted molar refractivity (Wildman–Crippen MR) is 203 cm³/mol. The molecule has 0 aliphatic heterocycles. The number of hydrogen-bond donors (Lipinski definition) is 0. The average molecular weight is 641 g/mol. The normalized spacial score (nSPS) is 11.6. The third-order valence-electron chi connectivity index (χ3n) is 9.43. The fraction of sp³-hybridized carbons (Fsp3) is 0. The third kappa shape index (κ3) is 4.60. The van der Waals surface area contributed by atoms with Crippen LogP contribution in [0, 0.1) is 0 Å². The van der Waals surface area contributed by atoms with E-state index in [0.29, 0.717) is 17.5 Å². The van der Waals surface area contributed by atoms with Crippen molar-refractivity contribution >= 4 is 43.7 Å². The quantitative estimate of drug-likeness (QED) is 0.188. The van der Waals surface area contributed by atoms with Crippen molar-refractivity contribution in [3.05, 3.63) is 170 Å². The first-order valence-corrected chi connectivity index (χ1v) is 16.7. The van der Waals surface area contributed by atoms with Crippen LogP contribution in [-0.4, -0.2) is 19.5 Å². The van der Waals surface area contributed by atoms with E-state index >= 15 is 0 Å². The second kappa shape index (κ2) is 11.4.